The monoisotopic (exact) mass is 353 g/mol. The lowest BCUT2D eigenvalue weighted by Gasteiger charge is -2.29. The predicted molar refractivity (Wildman–Crippen MR) is 98.1 cm³/mol. The van der Waals surface area contributed by atoms with Crippen molar-refractivity contribution in [3.05, 3.63) is 65.7 Å². The number of benzene rings is 2. The molecule has 0 unspecified atom stereocenters. The summed E-state index contributed by atoms with van der Waals surface area (Å²) in [6.07, 6.45) is 1.66. The van der Waals surface area contributed by atoms with Gasteiger partial charge in [-0.2, -0.15) is 0 Å². The fraction of sp³-hybridized carbons (Fsp3) is 0.300. The number of primary amides is 2. The van der Waals surface area contributed by atoms with Crippen LogP contribution in [-0.4, -0.2) is 29.4 Å². The molecule has 1 saturated heterocycles. The number of carbonyl (C=O) groups excluding carboxylic acids is 2. The van der Waals surface area contributed by atoms with E-state index in [0.29, 0.717) is 12.3 Å². The first-order valence-corrected chi connectivity index (χ1v) is 8.64. The Kier molecular flexibility index (Phi) is 5.53. The Bertz CT molecular complexity index is 762. The fourth-order valence-electron chi connectivity index (χ4n) is 3.48. The number of likely N-dealkylation sites (tertiary alicyclic amines) is 1. The third-order valence-corrected chi connectivity index (χ3v) is 4.70. The van der Waals surface area contributed by atoms with Gasteiger partial charge in [-0.15, -0.1) is 0 Å². The van der Waals surface area contributed by atoms with Gasteiger partial charge >= 0.3 is 0 Å². The maximum atomic E-state index is 11.9. The maximum absolute atomic E-state index is 11.9. The largest absolute Gasteiger partial charge is 0.484 e. The molecular weight excluding hydrogens is 330 g/mol. The van der Waals surface area contributed by atoms with Crippen LogP contribution in [0.1, 0.15) is 30.0 Å². The van der Waals surface area contributed by atoms with Gasteiger partial charge in [0.1, 0.15) is 5.75 Å². The second-order valence-corrected chi connectivity index (χ2v) is 6.49. The van der Waals surface area contributed by atoms with E-state index >= 15 is 0 Å². The van der Waals surface area contributed by atoms with Crippen LogP contribution in [0.3, 0.4) is 0 Å². The molecule has 2 atom stereocenters. The number of amides is 2. The van der Waals surface area contributed by atoms with Crippen LogP contribution in [0, 0.1) is 0 Å². The average Bonchev–Trinajstić information content (AvgIpc) is 3.05. The van der Waals surface area contributed by atoms with Gasteiger partial charge in [0.15, 0.2) is 6.61 Å². The summed E-state index contributed by atoms with van der Waals surface area (Å²) in [6, 6.07) is 17.5. The summed E-state index contributed by atoms with van der Waals surface area (Å²) in [5, 5.41) is 0. The van der Waals surface area contributed by atoms with Crippen LogP contribution < -0.4 is 16.2 Å². The first-order chi connectivity index (χ1) is 12.5. The Hall–Kier alpha value is -2.86. The molecule has 0 saturated carbocycles. The van der Waals surface area contributed by atoms with Crippen molar-refractivity contribution in [1.29, 1.82) is 0 Å². The van der Waals surface area contributed by atoms with E-state index in [1.54, 1.807) is 12.1 Å². The summed E-state index contributed by atoms with van der Waals surface area (Å²) in [5.41, 5.74) is 12.9. The molecule has 3 rings (SSSR count). The van der Waals surface area contributed by atoms with Crippen molar-refractivity contribution >= 4 is 11.8 Å². The van der Waals surface area contributed by atoms with Crippen LogP contribution >= 0.6 is 0 Å². The summed E-state index contributed by atoms with van der Waals surface area (Å²) in [4.78, 5) is 24.8. The van der Waals surface area contributed by atoms with Crippen molar-refractivity contribution in [2.45, 2.75) is 31.5 Å². The van der Waals surface area contributed by atoms with E-state index in [9.17, 15) is 9.59 Å². The molecule has 0 spiro atoms. The van der Waals surface area contributed by atoms with Gasteiger partial charge in [0.25, 0.3) is 5.91 Å². The molecule has 0 aliphatic carbocycles. The van der Waals surface area contributed by atoms with E-state index in [2.05, 4.69) is 17.0 Å². The summed E-state index contributed by atoms with van der Waals surface area (Å²) in [6.45, 7) is 0.467. The number of ether oxygens (including phenoxy) is 1. The maximum Gasteiger partial charge on any atom is 0.255 e. The van der Waals surface area contributed by atoms with E-state index in [4.69, 9.17) is 16.2 Å². The molecule has 2 amide bonds. The first kappa shape index (κ1) is 17.9. The van der Waals surface area contributed by atoms with Gasteiger partial charge in [0.2, 0.25) is 5.91 Å². The van der Waals surface area contributed by atoms with Crippen LogP contribution in [0.4, 0.5) is 0 Å². The van der Waals surface area contributed by atoms with Gasteiger partial charge in [0, 0.05) is 12.6 Å². The summed E-state index contributed by atoms with van der Waals surface area (Å²) in [7, 11) is 0. The SMILES string of the molecule is NC(=O)COc1ccc(CN2[C@@H](C(N)=O)CC[C@@H]2c2ccccc2)cc1. The molecule has 0 aromatic heterocycles. The number of hydrogen-bond donors (Lipinski definition) is 2. The topological polar surface area (TPSA) is 98.7 Å². The van der Waals surface area contributed by atoms with E-state index in [-0.39, 0.29) is 24.6 Å². The lowest BCUT2D eigenvalue weighted by Crippen LogP contribution is -2.40. The number of nitrogens with zero attached hydrogens (tertiary/aromatic N) is 1. The minimum Gasteiger partial charge on any atom is -0.484 e. The average molecular weight is 353 g/mol. The van der Waals surface area contributed by atoms with Crippen molar-refractivity contribution in [3.8, 4) is 5.75 Å². The highest BCUT2D eigenvalue weighted by molar-refractivity contribution is 5.80. The highest BCUT2D eigenvalue weighted by Crippen LogP contribution is 2.37. The number of carbonyl (C=O) groups is 2. The predicted octanol–water partition coefficient (Wildman–Crippen LogP) is 1.74. The van der Waals surface area contributed by atoms with Crippen LogP contribution in [0.15, 0.2) is 54.6 Å². The Morgan fingerprint density at radius 1 is 1.00 bits per heavy atom. The minimum absolute atomic E-state index is 0.148. The number of hydrogen-bond acceptors (Lipinski definition) is 4. The van der Waals surface area contributed by atoms with Crippen molar-refractivity contribution in [1.82, 2.24) is 4.90 Å². The Morgan fingerprint density at radius 2 is 1.69 bits per heavy atom. The van der Waals surface area contributed by atoms with Gasteiger partial charge in [-0.25, -0.2) is 0 Å². The van der Waals surface area contributed by atoms with Gasteiger partial charge in [-0.05, 0) is 36.1 Å². The van der Waals surface area contributed by atoms with Crippen molar-refractivity contribution < 1.29 is 14.3 Å². The van der Waals surface area contributed by atoms with Crippen LogP contribution in [-0.2, 0) is 16.1 Å². The van der Waals surface area contributed by atoms with Crippen molar-refractivity contribution in [2.24, 2.45) is 11.5 Å². The molecule has 1 heterocycles. The molecule has 0 bridgehead atoms. The highest BCUT2D eigenvalue weighted by atomic mass is 16.5. The number of rotatable bonds is 7. The molecule has 6 nitrogen and oxygen atoms in total. The van der Waals surface area contributed by atoms with E-state index in [0.717, 1.165) is 18.4 Å². The van der Waals surface area contributed by atoms with Gasteiger partial charge < -0.3 is 16.2 Å². The first-order valence-electron chi connectivity index (χ1n) is 8.64. The van der Waals surface area contributed by atoms with Crippen molar-refractivity contribution in [2.75, 3.05) is 6.61 Å². The quantitative estimate of drug-likeness (QED) is 0.792. The van der Waals surface area contributed by atoms with Crippen LogP contribution in [0.25, 0.3) is 0 Å². The van der Waals surface area contributed by atoms with Crippen molar-refractivity contribution in [3.63, 3.8) is 0 Å². The molecule has 4 N–H and O–H groups in total. The smallest absolute Gasteiger partial charge is 0.255 e. The van der Waals surface area contributed by atoms with Gasteiger partial charge in [0.05, 0.1) is 6.04 Å². The molecule has 26 heavy (non-hydrogen) atoms. The van der Waals surface area contributed by atoms with Crippen LogP contribution in [0.2, 0.25) is 0 Å². The molecule has 0 radical (unpaired) electrons. The lowest BCUT2D eigenvalue weighted by atomic mass is 10.0. The van der Waals surface area contributed by atoms with Gasteiger partial charge in [-0.1, -0.05) is 42.5 Å². The van der Waals surface area contributed by atoms with Gasteiger partial charge in [-0.3, -0.25) is 14.5 Å². The second kappa shape index (κ2) is 8.01. The molecule has 1 fully saturated rings. The second-order valence-electron chi connectivity index (χ2n) is 6.49. The summed E-state index contributed by atoms with van der Waals surface area (Å²) in [5.74, 6) is -0.217. The Labute approximate surface area is 152 Å². The highest BCUT2D eigenvalue weighted by Gasteiger charge is 2.37. The molecule has 1 aliphatic heterocycles. The fourth-order valence-corrected chi connectivity index (χ4v) is 3.48. The standard InChI is InChI=1S/C20H23N3O3/c21-19(24)13-26-16-8-6-14(7-9-16)12-23-17(10-11-18(23)20(22)25)15-4-2-1-3-5-15/h1-9,17-18H,10-13H2,(H2,21,24)(H2,22,25)/t17-,18-/m1/s1. The molecule has 136 valence electrons. The molecule has 6 heteroatoms. The third kappa shape index (κ3) is 4.21. The zero-order chi connectivity index (χ0) is 18.5. The summed E-state index contributed by atoms with van der Waals surface area (Å²) >= 11 is 0. The molecule has 1 aliphatic rings. The lowest BCUT2D eigenvalue weighted by molar-refractivity contribution is -0.123. The minimum atomic E-state index is -0.513. The van der Waals surface area contributed by atoms with E-state index in [1.807, 2.05) is 30.3 Å². The number of nitrogens with two attached hydrogens (primary N) is 2. The van der Waals surface area contributed by atoms with E-state index in [1.165, 1.54) is 5.56 Å². The molecule has 2 aromatic rings. The third-order valence-electron chi connectivity index (χ3n) is 4.70. The zero-order valence-corrected chi connectivity index (χ0v) is 14.5. The Morgan fingerprint density at radius 3 is 2.31 bits per heavy atom. The van der Waals surface area contributed by atoms with Crippen LogP contribution in [0.5, 0.6) is 5.75 Å². The zero-order valence-electron chi connectivity index (χ0n) is 14.5. The van der Waals surface area contributed by atoms with E-state index < -0.39 is 5.91 Å². The Balaban J connectivity index is 1.75. The normalized spacial score (nSPS) is 20.0. The summed E-state index contributed by atoms with van der Waals surface area (Å²) < 4.78 is 5.28. The molecule has 2 aromatic carbocycles. The molecular formula is C20H23N3O3.